The number of nitrogens with zero attached hydrogens (tertiary/aromatic N) is 2. The van der Waals surface area contributed by atoms with Gasteiger partial charge in [-0.25, -0.2) is 13.6 Å². The van der Waals surface area contributed by atoms with Crippen LogP contribution in [0.3, 0.4) is 0 Å². The summed E-state index contributed by atoms with van der Waals surface area (Å²) < 4.78 is 24.9. The maximum atomic E-state index is 12.5. The van der Waals surface area contributed by atoms with Crippen molar-refractivity contribution in [3.63, 3.8) is 0 Å². The van der Waals surface area contributed by atoms with Crippen LogP contribution in [0.2, 0.25) is 0 Å². The van der Waals surface area contributed by atoms with Crippen molar-refractivity contribution in [2.24, 2.45) is 4.99 Å². The maximum absolute atomic E-state index is 12.5. The van der Waals surface area contributed by atoms with Crippen molar-refractivity contribution in [1.29, 1.82) is 0 Å². The minimum absolute atomic E-state index is 0.657. The molecule has 0 aromatic carbocycles. The third-order valence-electron chi connectivity index (χ3n) is 0.986. The van der Waals surface area contributed by atoms with Crippen LogP contribution in [-0.4, -0.2) is 11.1 Å². The summed E-state index contributed by atoms with van der Waals surface area (Å²) >= 11 is 0. The number of carbonyl (C=O) groups excluding carboxylic acids is 1. The minimum atomic E-state index is -0.978. The molecule has 0 saturated heterocycles. The Kier molecular flexibility index (Phi) is 2.03. The van der Waals surface area contributed by atoms with Crippen LogP contribution >= 0.6 is 0 Å². The quantitative estimate of drug-likeness (QED) is 0.454. The van der Waals surface area contributed by atoms with Crippen LogP contribution in [0.1, 0.15) is 0 Å². The van der Waals surface area contributed by atoms with Crippen molar-refractivity contribution in [2.45, 2.75) is 0 Å². The lowest BCUT2D eigenvalue weighted by atomic mass is 10.4. The highest BCUT2D eigenvalue weighted by molar-refractivity contribution is 5.49. The second-order valence-electron chi connectivity index (χ2n) is 1.65. The van der Waals surface area contributed by atoms with E-state index in [-0.39, 0.29) is 0 Å². The maximum Gasteiger partial charge on any atom is 0.240 e. The van der Waals surface area contributed by atoms with E-state index in [1.54, 1.807) is 0 Å². The number of halogens is 2. The van der Waals surface area contributed by atoms with Gasteiger partial charge in [0.1, 0.15) is 0 Å². The molecule has 1 aromatic rings. The van der Waals surface area contributed by atoms with Gasteiger partial charge in [0.15, 0.2) is 17.3 Å². The second-order valence-corrected chi connectivity index (χ2v) is 1.65. The molecule has 1 aromatic heterocycles. The Bertz CT molecular complexity index is 300. The lowest BCUT2D eigenvalue weighted by Crippen LogP contribution is -1.83. The average molecular weight is 156 g/mol. The van der Waals surface area contributed by atoms with Gasteiger partial charge in [-0.3, -0.25) is 4.98 Å². The van der Waals surface area contributed by atoms with Crippen LogP contribution in [0.25, 0.3) is 0 Å². The molecule has 0 spiro atoms. The fourth-order valence-electron chi connectivity index (χ4n) is 0.557. The summed E-state index contributed by atoms with van der Waals surface area (Å²) in [5, 5.41) is 0. The number of pyridine rings is 1. The van der Waals surface area contributed by atoms with E-state index >= 15 is 0 Å². The standard InChI is InChI=1S/C6H2F2N2O/c7-4-1-9-2-5(8)6(4)10-3-11/h1-2H. The average Bonchev–Trinajstić information content (AvgIpc) is 1.97. The molecule has 0 radical (unpaired) electrons. The van der Waals surface area contributed by atoms with Crippen molar-refractivity contribution in [3.05, 3.63) is 24.0 Å². The monoisotopic (exact) mass is 156 g/mol. The topological polar surface area (TPSA) is 42.3 Å². The summed E-state index contributed by atoms with van der Waals surface area (Å²) in [6, 6.07) is 0. The Hall–Kier alpha value is -1.61. The molecule has 0 saturated carbocycles. The zero-order chi connectivity index (χ0) is 8.27. The largest absolute Gasteiger partial charge is 0.258 e. The van der Waals surface area contributed by atoms with Gasteiger partial charge in [0.2, 0.25) is 6.08 Å². The van der Waals surface area contributed by atoms with Gasteiger partial charge in [0.05, 0.1) is 12.4 Å². The van der Waals surface area contributed by atoms with E-state index in [0.29, 0.717) is 0 Å². The van der Waals surface area contributed by atoms with E-state index < -0.39 is 17.3 Å². The lowest BCUT2D eigenvalue weighted by molar-refractivity contribution is 0.558. The summed E-state index contributed by atoms with van der Waals surface area (Å²) in [4.78, 5) is 15.6. The molecule has 11 heavy (non-hydrogen) atoms. The van der Waals surface area contributed by atoms with E-state index in [2.05, 4.69) is 9.98 Å². The summed E-state index contributed by atoms with van der Waals surface area (Å²) in [6.07, 6.45) is 2.56. The van der Waals surface area contributed by atoms with Crippen molar-refractivity contribution >= 4 is 11.8 Å². The molecule has 0 aliphatic heterocycles. The van der Waals surface area contributed by atoms with Crippen molar-refractivity contribution in [2.75, 3.05) is 0 Å². The van der Waals surface area contributed by atoms with E-state index in [0.717, 1.165) is 18.5 Å². The predicted molar refractivity (Wildman–Crippen MR) is 31.9 cm³/mol. The fraction of sp³-hybridized carbons (Fsp3) is 0. The molecule has 5 heteroatoms. The van der Waals surface area contributed by atoms with E-state index in [4.69, 9.17) is 0 Å². The van der Waals surface area contributed by atoms with Crippen molar-refractivity contribution < 1.29 is 13.6 Å². The highest BCUT2D eigenvalue weighted by Gasteiger charge is 2.06. The van der Waals surface area contributed by atoms with Crippen molar-refractivity contribution in [1.82, 2.24) is 4.98 Å². The third kappa shape index (κ3) is 1.45. The summed E-state index contributed by atoms with van der Waals surface area (Å²) in [7, 11) is 0. The number of isocyanates is 1. The molecular weight excluding hydrogens is 154 g/mol. The normalized spacial score (nSPS) is 8.91. The molecule has 56 valence electrons. The van der Waals surface area contributed by atoms with Crippen molar-refractivity contribution in [3.8, 4) is 0 Å². The molecule has 0 unspecified atom stereocenters. The molecule has 3 nitrogen and oxygen atoms in total. The van der Waals surface area contributed by atoms with Crippen LogP contribution in [0.15, 0.2) is 17.4 Å². The fourth-order valence-corrected chi connectivity index (χ4v) is 0.557. The number of rotatable bonds is 1. The predicted octanol–water partition coefficient (Wildman–Crippen LogP) is 1.33. The molecular formula is C6H2F2N2O. The first kappa shape index (κ1) is 7.50. The summed E-state index contributed by atoms with van der Waals surface area (Å²) in [5.74, 6) is -1.96. The number of aromatic nitrogens is 1. The Labute approximate surface area is 60.4 Å². The molecule has 0 atom stereocenters. The SMILES string of the molecule is O=C=Nc1c(F)cncc1F. The summed E-state index contributed by atoms with van der Waals surface area (Å²) in [6.45, 7) is 0. The van der Waals surface area contributed by atoms with Gasteiger partial charge in [-0.15, -0.1) is 0 Å². The Morgan fingerprint density at radius 1 is 1.36 bits per heavy atom. The van der Waals surface area contributed by atoms with Crippen LogP contribution in [0.5, 0.6) is 0 Å². The molecule has 0 fully saturated rings. The van der Waals surface area contributed by atoms with Crippen LogP contribution in [0, 0.1) is 11.6 Å². The molecule has 0 aliphatic rings. The Morgan fingerprint density at radius 2 is 1.91 bits per heavy atom. The first-order valence-electron chi connectivity index (χ1n) is 2.62. The zero-order valence-corrected chi connectivity index (χ0v) is 5.21. The van der Waals surface area contributed by atoms with Gasteiger partial charge >= 0.3 is 0 Å². The van der Waals surface area contributed by atoms with Gasteiger partial charge in [0.25, 0.3) is 0 Å². The van der Waals surface area contributed by atoms with Gasteiger partial charge in [0, 0.05) is 0 Å². The first-order chi connectivity index (χ1) is 5.25. The Morgan fingerprint density at radius 3 is 2.36 bits per heavy atom. The molecule has 0 N–H and O–H groups in total. The molecule has 1 rings (SSSR count). The van der Waals surface area contributed by atoms with E-state index in [1.807, 2.05) is 0 Å². The molecule has 0 amide bonds. The minimum Gasteiger partial charge on any atom is -0.258 e. The molecule has 0 aliphatic carbocycles. The molecule has 1 heterocycles. The van der Waals surface area contributed by atoms with E-state index in [1.165, 1.54) is 0 Å². The van der Waals surface area contributed by atoms with Gasteiger partial charge in [-0.05, 0) is 0 Å². The smallest absolute Gasteiger partial charge is 0.240 e. The van der Waals surface area contributed by atoms with Crippen LogP contribution < -0.4 is 0 Å². The van der Waals surface area contributed by atoms with E-state index in [9.17, 15) is 13.6 Å². The van der Waals surface area contributed by atoms with Gasteiger partial charge in [-0.1, -0.05) is 0 Å². The first-order valence-corrected chi connectivity index (χ1v) is 2.62. The van der Waals surface area contributed by atoms with Gasteiger partial charge < -0.3 is 0 Å². The number of aliphatic imine (C=N–C) groups is 1. The number of hydrogen-bond donors (Lipinski definition) is 0. The van der Waals surface area contributed by atoms with Gasteiger partial charge in [-0.2, -0.15) is 4.99 Å². The third-order valence-corrected chi connectivity index (χ3v) is 0.986. The zero-order valence-electron chi connectivity index (χ0n) is 5.21. The molecule has 0 bridgehead atoms. The highest BCUT2D eigenvalue weighted by atomic mass is 19.1. The lowest BCUT2D eigenvalue weighted by Gasteiger charge is -1.92. The number of hydrogen-bond acceptors (Lipinski definition) is 3. The highest BCUT2D eigenvalue weighted by Crippen LogP contribution is 2.18. The van der Waals surface area contributed by atoms with Crippen LogP contribution in [0.4, 0.5) is 14.5 Å². The Balaban J connectivity index is 3.31. The van der Waals surface area contributed by atoms with Crippen LogP contribution in [-0.2, 0) is 4.79 Å². The second kappa shape index (κ2) is 2.98. The summed E-state index contributed by atoms with van der Waals surface area (Å²) in [5.41, 5.74) is -0.657.